The standard InChI is InChI=1S/C19H19ClN2O4S/c1-3-17(27-14-6-4-5-13(10-14)21-11(2)23)18(24)22-16-9-12(19(25)26)7-8-15(16)20/h4-10,17H,3H2,1-2H3,(H,21,23)(H,22,24)(H,25,26). The van der Waals surface area contributed by atoms with Gasteiger partial charge in [-0.25, -0.2) is 4.79 Å². The first-order valence-electron chi connectivity index (χ1n) is 8.18. The molecule has 0 spiro atoms. The number of halogens is 1. The van der Waals surface area contributed by atoms with Crippen LogP contribution >= 0.6 is 23.4 Å². The summed E-state index contributed by atoms with van der Waals surface area (Å²) in [6.45, 7) is 3.31. The van der Waals surface area contributed by atoms with Crippen molar-refractivity contribution in [1.82, 2.24) is 0 Å². The highest BCUT2D eigenvalue weighted by Gasteiger charge is 2.20. The van der Waals surface area contributed by atoms with Gasteiger partial charge in [0.2, 0.25) is 11.8 Å². The van der Waals surface area contributed by atoms with Crippen molar-refractivity contribution in [2.24, 2.45) is 0 Å². The Morgan fingerprint density at radius 3 is 2.52 bits per heavy atom. The van der Waals surface area contributed by atoms with Crippen LogP contribution in [0.1, 0.15) is 30.6 Å². The van der Waals surface area contributed by atoms with Crippen LogP contribution in [-0.4, -0.2) is 28.1 Å². The lowest BCUT2D eigenvalue weighted by atomic mass is 10.2. The number of amides is 2. The van der Waals surface area contributed by atoms with E-state index in [0.717, 1.165) is 4.90 Å². The summed E-state index contributed by atoms with van der Waals surface area (Å²) in [6.07, 6.45) is 0.553. The van der Waals surface area contributed by atoms with Crippen molar-refractivity contribution < 1.29 is 19.5 Å². The maximum absolute atomic E-state index is 12.6. The fourth-order valence-electron chi connectivity index (χ4n) is 2.30. The van der Waals surface area contributed by atoms with Gasteiger partial charge in [0.25, 0.3) is 0 Å². The zero-order valence-electron chi connectivity index (χ0n) is 14.8. The molecule has 8 heteroatoms. The predicted molar refractivity (Wildman–Crippen MR) is 108 cm³/mol. The number of carbonyl (C=O) groups is 3. The minimum atomic E-state index is -1.10. The van der Waals surface area contributed by atoms with E-state index in [1.807, 2.05) is 13.0 Å². The van der Waals surface area contributed by atoms with E-state index in [1.54, 1.807) is 18.2 Å². The normalized spacial score (nSPS) is 11.5. The van der Waals surface area contributed by atoms with Crippen LogP contribution in [0.25, 0.3) is 0 Å². The minimum Gasteiger partial charge on any atom is -0.478 e. The lowest BCUT2D eigenvalue weighted by molar-refractivity contribution is -0.116. The van der Waals surface area contributed by atoms with Crippen molar-refractivity contribution >= 4 is 52.5 Å². The van der Waals surface area contributed by atoms with Crippen LogP contribution < -0.4 is 10.6 Å². The lowest BCUT2D eigenvalue weighted by Crippen LogP contribution is -2.24. The molecule has 142 valence electrons. The first kappa shape index (κ1) is 20.8. The van der Waals surface area contributed by atoms with E-state index in [4.69, 9.17) is 16.7 Å². The second kappa shape index (κ2) is 9.43. The number of thioether (sulfide) groups is 1. The molecular formula is C19H19ClN2O4S. The van der Waals surface area contributed by atoms with Crippen LogP contribution in [0, 0.1) is 0 Å². The van der Waals surface area contributed by atoms with Gasteiger partial charge < -0.3 is 15.7 Å². The third-order valence-corrected chi connectivity index (χ3v) is 5.25. The molecule has 2 aromatic rings. The van der Waals surface area contributed by atoms with Gasteiger partial charge in [-0.15, -0.1) is 11.8 Å². The molecular weight excluding hydrogens is 388 g/mol. The molecule has 0 saturated heterocycles. The van der Waals surface area contributed by atoms with Gasteiger partial charge in [0.15, 0.2) is 0 Å². The molecule has 27 heavy (non-hydrogen) atoms. The van der Waals surface area contributed by atoms with Gasteiger partial charge in [-0.3, -0.25) is 9.59 Å². The van der Waals surface area contributed by atoms with E-state index in [2.05, 4.69) is 10.6 Å². The highest BCUT2D eigenvalue weighted by atomic mass is 35.5. The number of hydrogen-bond acceptors (Lipinski definition) is 4. The molecule has 2 aromatic carbocycles. The number of nitrogens with one attached hydrogen (secondary N) is 2. The monoisotopic (exact) mass is 406 g/mol. The highest BCUT2D eigenvalue weighted by Crippen LogP contribution is 2.30. The van der Waals surface area contributed by atoms with Gasteiger partial charge in [-0.1, -0.05) is 24.6 Å². The van der Waals surface area contributed by atoms with Crippen LogP contribution in [0.3, 0.4) is 0 Å². The van der Waals surface area contributed by atoms with Crippen molar-refractivity contribution in [3.05, 3.63) is 53.1 Å². The summed E-state index contributed by atoms with van der Waals surface area (Å²) in [6, 6.07) is 11.3. The Bertz CT molecular complexity index is 873. The zero-order chi connectivity index (χ0) is 20.0. The number of anilines is 2. The Kier molecular flexibility index (Phi) is 7.27. The Hall–Kier alpha value is -2.51. The lowest BCUT2D eigenvalue weighted by Gasteiger charge is -2.16. The molecule has 0 aliphatic rings. The second-order valence-corrected chi connectivity index (χ2v) is 7.40. The average molecular weight is 407 g/mol. The molecule has 2 amide bonds. The van der Waals surface area contributed by atoms with Crippen molar-refractivity contribution in [2.45, 2.75) is 30.4 Å². The van der Waals surface area contributed by atoms with E-state index < -0.39 is 11.2 Å². The quantitative estimate of drug-likeness (QED) is 0.588. The number of carboxylic acid groups (broad SMARTS) is 1. The zero-order valence-corrected chi connectivity index (χ0v) is 16.4. The maximum atomic E-state index is 12.6. The van der Waals surface area contributed by atoms with Gasteiger partial charge in [0, 0.05) is 17.5 Å². The van der Waals surface area contributed by atoms with Crippen LogP contribution in [0.2, 0.25) is 5.02 Å². The topological polar surface area (TPSA) is 95.5 Å². The Morgan fingerprint density at radius 2 is 1.89 bits per heavy atom. The number of aromatic carboxylic acids is 1. The number of carboxylic acids is 1. The third kappa shape index (κ3) is 6.01. The molecule has 0 aromatic heterocycles. The summed E-state index contributed by atoms with van der Waals surface area (Å²) in [7, 11) is 0. The molecule has 0 fully saturated rings. The number of rotatable bonds is 7. The number of hydrogen-bond donors (Lipinski definition) is 3. The van der Waals surface area contributed by atoms with E-state index >= 15 is 0 Å². The summed E-state index contributed by atoms with van der Waals surface area (Å²) >= 11 is 7.42. The van der Waals surface area contributed by atoms with Gasteiger partial charge in [-0.05, 0) is 42.8 Å². The molecule has 0 heterocycles. The van der Waals surface area contributed by atoms with Gasteiger partial charge in [0.1, 0.15) is 0 Å². The third-order valence-electron chi connectivity index (χ3n) is 3.57. The average Bonchev–Trinajstić information content (AvgIpc) is 2.61. The van der Waals surface area contributed by atoms with Gasteiger partial charge >= 0.3 is 5.97 Å². The number of benzene rings is 2. The molecule has 1 atom stereocenters. The highest BCUT2D eigenvalue weighted by molar-refractivity contribution is 8.00. The fourth-order valence-corrected chi connectivity index (χ4v) is 3.48. The molecule has 0 saturated carbocycles. The minimum absolute atomic E-state index is 0.0402. The van der Waals surface area contributed by atoms with Crippen molar-refractivity contribution in [2.75, 3.05) is 10.6 Å². The van der Waals surface area contributed by atoms with E-state index in [-0.39, 0.29) is 28.1 Å². The molecule has 1 unspecified atom stereocenters. The van der Waals surface area contributed by atoms with Crippen molar-refractivity contribution in [1.29, 1.82) is 0 Å². The fraction of sp³-hybridized carbons (Fsp3) is 0.211. The van der Waals surface area contributed by atoms with E-state index in [9.17, 15) is 14.4 Å². The summed E-state index contributed by atoms with van der Waals surface area (Å²) in [5, 5.41) is 14.3. The van der Waals surface area contributed by atoms with Gasteiger partial charge in [0.05, 0.1) is 21.5 Å². The molecule has 0 radical (unpaired) electrons. The van der Waals surface area contributed by atoms with Gasteiger partial charge in [-0.2, -0.15) is 0 Å². The molecule has 0 aliphatic carbocycles. The molecule has 0 bridgehead atoms. The largest absolute Gasteiger partial charge is 0.478 e. The summed E-state index contributed by atoms with van der Waals surface area (Å²) in [5.41, 5.74) is 0.950. The summed E-state index contributed by atoms with van der Waals surface area (Å²) in [5.74, 6) is -1.55. The van der Waals surface area contributed by atoms with E-state index in [0.29, 0.717) is 12.1 Å². The first-order chi connectivity index (χ1) is 12.8. The molecule has 2 rings (SSSR count). The molecule has 0 aliphatic heterocycles. The Balaban J connectivity index is 2.13. The maximum Gasteiger partial charge on any atom is 0.335 e. The smallest absolute Gasteiger partial charge is 0.335 e. The van der Waals surface area contributed by atoms with E-state index in [1.165, 1.54) is 36.9 Å². The number of carbonyl (C=O) groups excluding carboxylic acids is 2. The van der Waals surface area contributed by atoms with Crippen LogP contribution in [-0.2, 0) is 9.59 Å². The second-order valence-electron chi connectivity index (χ2n) is 5.71. The predicted octanol–water partition coefficient (Wildman–Crippen LogP) is 4.51. The first-order valence-corrected chi connectivity index (χ1v) is 9.44. The summed E-state index contributed by atoms with van der Waals surface area (Å²) < 4.78 is 0. The Labute approximate surface area is 166 Å². The molecule has 3 N–H and O–H groups in total. The molecule has 6 nitrogen and oxygen atoms in total. The van der Waals surface area contributed by atoms with Crippen LogP contribution in [0.4, 0.5) is 11.4 Å². The van der Waals surface area contributed by atoms with Crippen LogP contribution in [0.15, 0.2) is 47.4 Å². The summed E-state index contributed by atoms with van der Waals surface area (Å²) in [4.78, 5) is 35.7. The van der Waals surface area contributed by atoms with Crippen LogP contribution in [0.5, 0.6) is 0 Å². The SMILES string of the molecule is CCC(Sc1cccc(NC(C)=O)c1)C(=O)Nc1cc(C(=O)O)ccc1Cl. The Morgan fingerprint density at radius 1 is 1.15 bits per heavy atom. The van der Waals surface area contributed by atoms with Crippen molar-refractivity contribution in [3.63, 3.8) is 0 Å². The van der Waals surface area contributed by atoms with Crippen molar-refractivity contribution in [3.8, 4) is 0 Å².